The number of anilines is 1. The summed E-state index contributed by atoms with van der Waals surface area (Å²) in [6, 6.07) is 1.78. The maximum Gasteiger partial charge on any atom is 0.270 e. The lowest BCUT2D eigenvalue weighted by Crippen LogP contribution is -2.44. The van der Waals surface area contributed by atoms with E-state index < -0.39 is 0 Å². The molecule has 100 valence electrons. The minimum atomic E-state index is 0.104. The van der Waals surface area contributed by atoms with Gasteiger partial charge in [-0.05, 0) is 13.0 Å². The van der Waals surface area contributed by atoms with Crippen LogP contribution >= 0.6 is 11.8 Å². The van der Waals surface area contributed by atoms with Gasteiger partial charge in [0, 0.05) is 36.3 Å². The van der Waals surface area contributed by atoms with Crippen molar-refractivity contribution in [2.75, 3.05) is 18.8 Å². The molecular weight excluding hydrogens is 246 g/mol. The van der Waals surface area contributed by atoms with Crippen molar-refractivity contribution >= 4 is 23.4 Å². The summed E-state index contributed by atoms with van der Waals surface area (Å²) in [5.74, 6) is 0.104. The molecule has 18 heavy (non-hydrogen) atoms. The maximum absolute atomic E-state index is 12.5. The Labute approximate surface area is 113 Å². The van der Waals surface area contributed by atoms with Crippen LogP contribution in [0.25, 0.3) is 0 Å². The highest BCUT2D eigenvalue weighted by Gasteiger charge is 2.28. The van der Waals surface area contributed by atoms with Gasteiger partial charge in [0.2, 0.25) is 0 Å². The number of rotatable bonds is 2. The van der Waals surface area contributed by atoms with Crippen LogP contribution in [0.3, 0.4) is 0 Å². The van der Waals surface area contributed by atoms with Crippen LogP contribution in [0.15, 0.2) is 12.3 Å². The summed E-state index contributed by atoms with van der Waals surface area (Å²) in [6.07, 6.45) is 1.83. The molecule has 0 radical (unpaired) electrons. The fourth-order valence-corrected chi connectivity index (χ4v) is 3.80. The third-order valence-electron chi connectivity index (χ3n) is 3.18. The second-order valence-corrected chi connectivity index (χ2v) is 6.79. The summed E-state index contributed by atoms with van der Waals surface area (Å²) >= 11 is 1.95. The van der Waals surface area contributed by atoms with Crippen LogP contribution < -0.4 is 5.73 Å². The zero-order valence-electron chi connectivity index (χ0n) is 11.2. The third-order valence-corrected chi connectivity index (χ3v) is 4.41. The Hall–Kier alpha value is -1.10. The molecule has 0 saturated carbocycles. The van der Waals surface area contributed by atoms with E-state index in [1.807, 2.05) is 34.3 Å². The number of amides is 1. The molecule has 0 spiro atoms. The lowest BCUT2D eigenvalue weighted by atomic mass is 10.2. The number of nitrogen functional groups attached to an aromatic ring is 1. The molecule has 2 N–H and O–H groups in total. The number of nitrogens with zero attached hydrogens (tertiary/aromatic N) is 2. The third kappa shape index (κ3) is 2.66. The van der Waals surface area contributed by atoms with E-state index in [9.17, 15) is 4.79 Å². The van der Waals surface area contributed by atoms with Gasteiger partial charge in [-0.15, -0.1) is 0 Å². The Kier molecular flexibility index (Phi) is 3.90. The summed E-state index contributed by atoms with van der Waals surface area (Å²) in [6.45, 7) is 8.78. The van der Waals surface area contributed by atoms with Crippen LogP contribution in [-0.4, -0.2) is 39.0 Å². The van der Waals surface area contributed by atoms with Crippen LogP contribution in [-0.2, 0) is 6.54 Å². The molecule has 2 unspecified atom stereocenters. The molecule has 2 atom stereocenters. The number of aryl methyl sites for hydroxylation is 1. The Bertz CT molecular complexity index is 433. The Balaban J connectivity index is 2.19. The van der Waals surface area contributed by atoms with Crippen molar-refractivity contribution < 1.29 is 4.79 Å². The minimum Gasteiger partial charge on any atom is -0.397 e. The standard InChI is InChI=1S/C13H21N3OS/c1-4-15-8-11(14)5-12(15)13(17)16-6-9(2)18-10(3)7-16/h5,8-10H,4,6-7,14H2,1-3H3. The van der Waals surface area contributed by atoms with Gasteiger partial charge in [0.25, 0.3) is 5.91 Å². The van der Waals surface area contributed by atoms with Crippen molar-refractivity contribution in [3.63, 3.8) is 0 Å². The van der Waals surface area contributed by atoms with E-state index in [1.165, 1.54) is 0 Å². The van der Waals surface area contributed by atoms with E-state index in [4.69, 9.17) is 5.73 Å². The van der Waals surface area contributed by atoms with Gasteiger partial charge in [-0.2, -0.15) is 11.8 Å². The van der Waals surface area contributed by atoms with Gasteiger partial charge in [-0.3, -0.25) is 4.79 Å². The summed E-state index contributed by atoms with van der Waals surface area (Å²) in [7, 11) is 0. The molecule has 1 amide bonds. The lowest BCUT2D eigenvalue weighted by Gasteiger charge is -2.34. The van der Waals surface area contributed by atoms with Gasteiger partial charge in [0.1, 0.15) is 5.69 Å². The zero-order chi connectivity index (χ0) is 13.3. The second kappa shape index (κ2) is 5.26. The molecule has 2 rings (SSSR count). The van der Waals surface area contributed by atoms with Gasteiger partial charge in [0.05, 0.1) is 5.69 Å². The fourth-order valence-electron chi connectivity index (χ4n) is 2.48. The molecule has 1 aliphatic rings. The second-order valence-electron chi connectivity index (χ2n) is 4.91. The minimum absolute atomic E-state index is 0.104. The van der Waals surface area contributed by atoms with E-state index >= 15 is 0 Å². The monoisotopic (exact) mass is 267 g/mol. The largest absolute Gasteiger partial charge is 0.397 e. The number of nitrogens with two attached hydrogens (primary N) is 1. The van der Waals surface area contributed by atoms with Crippen molar-refractivity contribution in [1.29, 1.82) is 0 Å². The van der Waals surface area contributed by atoms with Gasteiger partial charge in [0.15, 0.2) is 0 Å². The molecule has 2 heterocycles. The van der Waals surface area contributed by atoms with Crippen molar-refractivity contribution in [3.05, 3.63) is 18.0 Å². The lowest BCUT2D eigenvalue weighted by molar-refractivity contribution is 0.0742. The number of aromatic nitrogens is 1. The molecule has 1 aromatic rings. The number of carbonyl (C=O) groups excluding carboxylic acids is 1. The first-order valence-corrected chi connectivity index (χ1v) is 7.36. The Morgan fingerprint density at radius 1 is 1.44 bits per heavy atom. The highest BCUT2D eigenvalue weighted by Crippen LogP contribution is 2.26. The maximum atomic E-state index is 12.5. The summed E-state index contributed by atoms with van der Waals surface area (Å²) in [5, 5.41) is 1.00. The quantitative estimate of drug-likeness (QED) is 0.892. The molecule has 1 saturated heterocycles. The number of hydrogen-bond donors (Lipinski definition) is 1. The van der Waals surface area contributed by atoms with Crippen molar-refractivity contribution in [1.82, 2.24) is 9.47 Å². The summed E-state index contributed by atoms with van der Waals surface area (Å²) < 4.78 is 1.93. The SMILES string of the molecule is CCn1cc(N)cc1C(=O)N1CC(C)SC(C)C1. The zero-order valence-corrected chi connectivity index (χ0v) is 12.0. The van der Waals surface area contributed by atoms with Crippen LogP contribution in [0, 0.1) is 0 Å². The van der Waals surface area contributed by atoms with E-state index in [2.05, 4.69) is 13.8 Å². The van der Waals surface area contributed by atoms with Gasteiger partial charge < -0.3 is 15.2 Å². The first-order valence-electron chi connectivity index (χ1n) is 6.41. The van der Waals surface area contributed by atoms with Gasteiger partial charge in [-0.1, -0.05) is 13.8 Å². The molecule has 1 fully saturated rings. The number of thioether (sulfide) groups is 1. The first-order chi connectivity index (χ1) is 8.51. The highest BCUT2D eigenvalue weighted by molar-refractivity contribution is 8.00. The number of hydrogen-bond acceptors (Lipinski definition) is 3. The molecule has 5 heteroatoms. The molecule has 0 bridgehead atoms. The molecular formula is C13H21N3OS. The topological polar surface area (TPSA) is 51.3 Å². The highest BCUT2D eigenvalue weighted by atomic mass is 32.2. The molecule has 0 aliphatic carbocycles. The predicted molar refractivity (Wildman–Crippen MR) is 76.9 cm³/mol. The predicted octanol–water partition coefficient (Wildman–Crippen LogP) is 2.06. The molecule has 0 aromatic carbocycles. The average molecular weight is 267 g/mol. The first kappa shape index (κ1) is 13.3. The van der Waals surface area contributed by atoms with Crippen molar-refractivity contribution in [3.8, 4) is 0 Å². The smallest absolute Gasteiger partial charge is 0.270 e. The van der Waals surface area contributed by atoms with E-state index in [1.54, 1.807) is 6.07 Å². The fraction of sp³-hybridized carbons (Fsp3) is 0.615. The summed E-state index contributed by atoms with van der Waals surface area (Å²) in [5.41, 5.74) is 7.15. The van der Waals surface area contributed by atoms with Crippen LogP contribution in [0.1, 0.15) is 31.3 Å². The van der Waals surface area contributed by atoms with Gasteiger partial charge in [-0.25, -0.2) is 0 Å². The average Bonchev–Trinajstić information content (AvgIpc) is 2.68. The van der Waals surface area contributed by atoms with Gasteiger partial charge >= 0.3 is 0 Å². The molecule has 4 nitrogen and oxygen atoms in total. The van der Waals surface area contributed by atoms with Crippen molar-refractivity contribution in [2.45, 2.75) is 37.8 Å². The van der Waals surface area contributed by atoms with Crippen LogP contribution in [0.4, 0.5) is 5.69 Å². The van der Waals surface area contributed by atoms with E-state index in [-0.39, 0.29) is 5.91 Å². The normalized spacial score (nSPS) is 24.3. The summed E-state index contributed by atoms with van der Waals surface area (Å²) in [4.78, 5) is 14.5. The van der Waals surface area contributed by atoms with Crippen LogP contribution in [0.2, 0.25) is 0 Å². The Morgan fingerprint density at radius 3 is 2.61 bits per heavy atom. The van der Waals surface area contributed by atoms with Crippen LogP contribution in [0.5, 0.6) is 0 Å². The van der Waals surface area contributed by atoms with E-state index in [0.29, 0.717) is 21.9 Å². The van der Waals surface area contributed by atoms with E-state index in [0.717, 1.165) is 19.6 Å². The molecule has 1 aromatic heterocycles. The molecule has 1 aliphatic heterocycles. The Morgan fingerprint density at radius 2 is 2.06 bits per heavy atom. The number of carbonyl (C=O) groups is 1. The van der Waals surface area contributed by atoms with Crippen molar-refractivity contribution in [2.24, 2.45) is 0 Å².